The van der Waals surface area contributed by atoms with Crippen LogP contribution in [-0.2, 0) is 26.1 Å². The zero-order valence-electron chi connectivity index (χ0n) is 23.1. The molecule has 1 spiro atoms. The molecule has 4 heterocycles. The molecule has 4 aliphatic rings. The number of hydrogen-bond acceptors (Lipinski definition) is 7. The number of piperidine rings is 1. The van der Waals surface area contributed by atoms with Gasteiger partial charge in [0, 0.05) is 57.8 Å². The van der Waals surface area contributed by atoms with E-state index in [4.69, 9.17) is 9.47 Å². The van der Waals surface area contributed by atoms with Crippen molar-refractivity contribution in [2.75, 3.05) is 39.5 Å². The number of hydrogen-bond donors (Lipinski definition) is 2. The first-order valence-corrected chi connectivity index (χ1v) is 16.0. The second kappa shape index (κ2) is 11.6. The smallest absolute Gasteiger partial charge is 0.247 e. The van der Waals surface area contributed by atoms with E-state index in [1.54, 1.807) is 18.2 Å². The number of aliphatic hydroxyl groups is 1. The predicted molar refractivity (Wildman–Crippen MR) is 149 cm³/mol. The molecule has 0 saturated carbocycles. The van der Waals surface area contributed by atoms with E-state index in [2.05, 4.69) is 10.2 Å². The lowest BCUT2D eigenvalue weighted by Gasteiger charge is -2.43. The summed E-state index contributed by atoms with van der Waals surface area (Å²) in [5.74, 6) is -0.0904. The molecular weight excluding hydrogens is 549 g/mol. The van der Waals surface area contributed by atoms with Crippen molar-refractivity contribution in [2.45, 2.75) is 73.6 Å². The van der Waals surface area contributed by atoms with Crippen LogP contribution in [0.25, 0.3) is 0 Å². The number of halogens is 1. The average Bonchev–Trinajstić information content (AvgIpc) is 3.37. The van der Waals surface area contributed by atoms with Crippen molar-refractivity contribution in [1.29, 1.82) is 0 Å². The molecule has 0 aliphatic carbocycles. The zero-order valence-corrected chi connectivity index (χ0v) is 24.0. The minimum atomic E-state index is -4.11. The summed E-state index contributed by atoms with van der Waals surface area (Å²) in [4.78, 5) is 15.9. The van der Waals surface area contributed by atoms with Gasteiger partial charge in [-0.1, -0.05) is 18.2 Å². The maximum Gasteiger partial charge on any atom is 0.247 e. The van der Waals surface area contributed by atoms with E-state index in [1.807, 2.05) is 18.2 Å². The average molecular weight is 588 g/mol. The van der Waals surface area contributed by atoms with Crippen LogP contribution in [0.2, 0.25) is 0 Å². The van der Waals surface area contributed by atoms with Crippen molar-refractivity contribution in [3.05, 3.63) is 59.4 Å². The third-order valence-electron chi connectivity index (χ3n) is 9.12. The van der Waals surface area contributed by atoms with E-state index >= 15 is 0 Å². The molecule has 3 fully saturated rings. The lowest BCUT2D eigenvalue weighted by molar-refractivity contribution is -0.127. The van der Waals surface area contributed by atoms with Gasteiger partial charge in [-0.15, -0.1) is 0 Å². The Kier molecular flexibility index (Phi) is 8.08. The third kappa shape index (κ3) is 6.01. The van der Waals surface area contributed by atoms with Crippen molar-refractivity contribution in [3.63, 3.8) is 0 Å². The summed E-state index contributed by atoms with van der Waals surface area (Å²) in [6, 6.07) is 10.9. The Morgan fingerprint density at radius 3 is 2.59 bits per heavy atom. The van der Waals surface area contributed by atoms with E-state index in [0.29, 0.717) is 57.9 Å². The summed E-state index contributed by atoms with van der Waals surface area (Å²) in [5.41, 5.74) is 1.33. The minimum Gasteiger partial charge on any atom is -0.492 e. The van der Waals surface area contributed by atoms with Crippen molar-refractivity contribution in [2.24, 2.45) is 0 Å². The monoisotopic (exact) mass is 587 g/mol. The third-order valence-corrected chi connectivity index (χ3v) is 11.0. The molecule has 41 heavy (non-hydrogen) atoms. The predicted octanol–water partition coefficient (Wildman–Crippen LogP) is 2.78. The number of amides is 1. The Hall–Kier alpha value is -2.57. The van der Waals surface area contributed by atoms with Crippen LogP contribution in [0.5, 0.6) is 5.75 Å². The highest BCUT2D eigenvalue weighted by Crippen LogP contribution is 2.38. The molecule has 2 aromatic rings. The van der Waals surface area contributed by atoms with Crippen LogP contribution in [0, 0.1) is 5.82 Å². The standard InChI is InChI=1S/C30H38FN3O6S/c31-24-3-1-2-21(16-24)19-33-11-8-30(9-12-33)10-15-40-27-17-23(22-6-13-39-14-7-22)4-5-28(27)41(37,38)34-20-25(35)18-26(34)29(36)32-30/h1-5,16-17,22,25-26,35H,6-15,18-20H2,(H,32,36)/t25-,26+/m1/s1. The Bertz CT molecular complexity index is 1370. The second-order valence-electron chi connectivity index (χ2n) is 11.8. The van der Waals surface area contributed by atoms with Crippen LogP contribution in [0.4, 0.5) is 4.39 Å². The van der Waals surface area contributed by atoms with E-state index in [9.17, 15) is 22.7 Å². The molecule has 2 aromatic carbocycles. The molecule has 222 valence electrons. The molecule has 2 atom stereocenters. The van der Waals surface area contributed by atoms with Crippen LogP contribution in [-0.4, -0.2) is 85.8 Å². The van der Waals surface area contributed by atoms with Gasteiger partial charge >= 0.3 is 0 Å². The fourth-order valence-corrected chi connectivity index (χ4v) is 8.47. The molecule has 0 bridgehead atoms. The maximum atomic E-state index is 13.9. The summed E-state index contributed by atoms with van der Waals surface area (Å²) in [5, 5.41) is 13.7. The van der Waals surface area contributed by atoms with Crippen molar-refractivity contribution < 1.29 is 32.2 Å². The minimum absolute atomic E-state index is 0.0288. The van der Waals surface area contributed by atoms with E-state index in [1.165, 1.54) is 6.07 Å². The number of ether oxygens (including phenoxy) is 2. The van der Waals surface area contributed by atoms with Crippen molar-refractivity contribution >= 4 is 15.9 Å². The molecule has 3 saturated heterocycles. The van der Waals surface area contributed by atoms with Gasteiger partial charge in [-0.25, -0.2) is 12.8 Å². The quantitative estimate of drug-likeness (QED) is 0.569. The van der Waals surface area contributed by atoms with E-state index < -0.39 is 27.7 Å². The lowest BCUT2D eigenvalue weighted by atomic mass is 9.84. The summed E-state index contributed by atoms with van der Waals surface area (Å²) in [7, 11) is -4.11. The Morgan fingerprint density at radius 1 is 1.05 bits per heavy atom. The van der Waals surface area contributed by atoms with Gasteiger partial charge in [-0.2, -0.15) is 4.31 Å². The zero-order chi connectivity index (χ0) is 28.6. The Labute approximate surface area is 240 Å². The molecule has 9 nitrogen and oxygen atoms in total. The van der Waals surface area contributed by atoms with Crippen LogP contribution in [0.15, 0.2) is 47.4 Å². The summed E-state index contributed by atoms with van der Waals surface area (Å²) in [6.45, 7) is 3.43. The summed E-state index contributed by atoms with van der Waals surface area (Å²) in [6.07, 6.45) is 2.65. The first kappa shape index (κ1) is 28.5. The highest BCUT2D eigenvalue weighted by molar-refractivity contribution is 7.89. The number of carbonyl (C=O) groups excluding carboxylic acids is 1. The largest absolute Gasteiger partial charge is 0.492 e. The first-order valence-electron chi connectivity index (χ1n) is 14.6. The topological polar surface area (TPSA) is 108 Å². The normalized spacial score (nSPS) is 27.3. The Balaban J connectivity index is 1.27. The molecule has 0 radical (unpaired) electrons. The van der Waals surface area contributed by atoms with Crippen LogP contribution in [0.1, 0.15) is 55.6 Å². The molecule has 0 aromatic heterocycles. The van der Waals surface area contributed by atoms with Gasteiger partial charge in [0.15, 0.2) is 0 Å². The fraction of sp³-hybridized carbons (Fsp3) is 0.567. The number of fused-ring (bicyclic) bond motifs is 2. The van der Waals surface area contributed by atoms with Crippen LogP contribution >= 0.6 is 0 Å². The molecular formula is C30H38FN3O6S. The SMILES string of the molecule is O=C1NC2(CCOc3cc(C4CCOCC4)ccc3S(=O)(=O)N3C[C@H](O)C[C@@H]13)CCN(Cc1cccc(F)c1)CC2. The number of sulfonamides is 1. The number of aliphatic hydroxyl groups excluding tert-OH is 1. The van der Waals surface area contributed by atoms with Gasteiger partial charge in [-0.05, 0) is 67.0 Å². The number of benzene rings is 2. The summed E-state index contributed by atoms with van der Waals surface area (Å²) < 4.78 is 54.5. The molecule has 4 aliphatic heterocycles. The van der Waals surface area contributed by atoms with Gasteiger partial charge < -0.3 is 19.9 Å². The second-order valence-corrected chi connectivity index (χ2v) is 13.7. The van der Waals surface area contributed by atoms with Gasteiger partial charge in [0.05, 0.1) is 12.7 Å². The molecule has 2 N–H and O–H groups in total. The molecule has 1 amide bonds. The van der Waals surface area contributed by atoms with Crippen LogP contribution < -0.4 is 10.1 Å². The van der Waals surface area contributed by atoms with Crippen LogP contribution in [0.3, 0.4) is 0 Å². The van der Waals surface area contributed by atoms with Crippen molar-refractivity contribution in [3.8, 4) is 5.75 Å². The summed E-state index contributed by atoms with van der Waals surface area (Å²) >= 11 is 0. The number of likely N-dealkylation sites (tertiary alicyclic amines) is 1. The number of nitrogens with zero attached hydrogens (tertiary/aromatic N) is 2. The van der Waals surface area contributed by atoms with Gasteiger partial charge in [0.1, 0.15) is 22.5 Å². The van der Waals surface area contributed by atoms with E-state index in [0.717, 1.165) is 28.3 Å². The maximum absolute atomic E-state index is 13.9. The highest BCUT2D eigenvalue weighted by Gasteiger charge is 2.47. The van der Waals surface area contributed by atoms with Crippen molar-refractivity contribution in [1.82, 2.24) is 14.5 Å². The number of carbonyl (C=O) groups is 1. The molecule has 11 heteroatoms. The van der Waals surface area contributed by atoms with Gasteiger partial charge in [-0.3, -0.25) is 9.69 Å². The first-order chi connectivity index (χ1) is 19.7. The number of rotatable bonds is 3. The highest BCUT2D eigenvalue weighted by atomic mass is 32.2. The lowest BCUT2D eigenvalue weighted by Crippen LogP contribution is -2.59. The van der Waals surface area contributed by atoms with Gasteiger partial charge in [0.2, 0.25) is 15.9 Å². The van der Waals surface area contributed by atoms with E-state index in [-0.39, 0.29) is 42.1 Å². The van der Waals surface area contributed by atoms with Gasteiger partial charge in [0.25, 0.3) is 0 Å². The Morgan fingerprint density at radius 2 is 1.83 bits per heavy atom. The number of nitrogens with one attached hydrogen (secondary N) is 1. The molecule has 0 unspecified atom stereocenters. The molecule has 6 rings (SSSR count). The fourth-order valence-electron chi connectivity index (χ4n) is 6.72.